The lowest BCUT2D eigenvalue weighted by Crippen LogP contribution is -2.15. The van der Waals surface area contributed by atoms with Crippen LogP contribution < -0.4 is 4.74 Å². The van der Waals surface area contributed by atoms with Gasteiger partial charge in [0.2, 0.25) is 5.88 Å². The number of nitro groups is 1. The summed E-state index contributed by atoms with van der Waals surface area (Å²) in [4.78, 5) is 13.4. The number of nitrogens with zero attached hydrogens (tertiary/aromatic N) is 4. The molecule has 0 saturated carbocycles. The normalized spacial score (nSPS) is 11.4. The van der Waals surface area contributed by atoms with Crippen LogP contribution in [0.4, 0.5) is 5.69 Å². The van der Waals surface area contributed by atoms with Crippen molar-refractivity contribution in [1.82, 2.24) is 14.7 Å². The highest BCUT2D eigenvalue weighted by atomic mass is 16.6. The van der Waals surface area contributed by atoms with E-state index in [0.717, 1.165) is 61.7 Å². The summed E-state index contributed by atoms with van der Waals surface area (Å²) in [6.45, 7) is 6.50. The molecule has 0 atom stereocenters. The number of rotatable bonds is 12. The molecule has 0 bridgehead atoms. The van der Waals surface area contributed by atoms with Gasteiger partial charge in [-0.25, -0.2) is 0 Å². The summed E-state index contributed by atoms with van der Waals surface area (Å²) in [6.07, 6.45) is 5.61. The second-order valence-electron chi connectivity index (χ2n) is 7.25. The molecule has 7 heteroatoms. The summed E-state index contributed by atoms with van der Waals surface area (Å²) in [5, 5.41) is 16.9. The summed E-state index contributed by atoms with van der Waals surface area (Å²) >= 11 is 0. The van der Waals surface area contributed by atoms with E-state index in [2.05, 4.69) is 23.8 Å². The van der Waals surface area contributed by atoms with Crippen LogP contribution >= 0.6 is 0 Å². The molecular weight excluding hydrogens is 344 g/mol. The third-order valence-electron chi connectivity index (χ3n) is 4.63. The molecule has 0 aliphatic carbocycles. The van der Waals surface area contributed by atoms with Crippen LogP contribution in [0.15, 0.2) is 12.1 Å². The van der Waals surface area contributed by atoms with Crippen LogP contribution in [-0.2, 0) is 13.0 Å². The first-order valence-corrected chi connectivity index (χ1v) is 9.93. The van der Waals surface area contributed by atoms with Gasteiger partial charge in [0.05, 0.1) is 22.4 Å². The molecule has 2 aromatic rings. The molecule has 150 valence electrons. The van der Waals surface area contributed by atoms with Crippen LogP contribution in [-0.4, -0.2) is 46.9 Å². The van der Waals surface area contributed by atoms with E-state index in [-0.39, 0.29) is 10.6 Å². The van der Waals surface area contributed by atoms with Gasteiger partial charge in [0.25, 0.3) is 5.69 Å². The number of benzene rings is 1. The van der Waals surface area contributed by atoms with E-state index in [9.17, 15) is 10.1 Å². The molecule has 0 N–H and O–H groups in total. The number of aryl methyl sites for hydroxylation is 2. The van der Waals surface area contributed by atoms with Crippen molar-refractivity contribution in [2.45, 2.75) is 58.9 Å². The van der Waals surface area contributed by atoms with Gasteiger partial charge in [-0.1, -0.05) is 26.7 Å². The Morgan fingerprint density at radius 2 is 1.93 bits per heavy atom. The zero-order valence-corrected chi connectivity index (χ0v) is 17.0. The Morgan fingerprint density at radius 1 is 1.19 bits per heavy atom. The molecule has 0 unspecified atom stereocenters. The molecule has 1 aromatic carbocycles. The van der Waals surface area contributed by atoms with Crippen molar-refractivity contribution in [1.29, 1.82) is 0 Å². The van der Waals surface area contributed by atoms with Crippen molar-refractivity contribution in [3.8, 4) is 5.88 Å². The van der Waals surface area contributed by atoms with Crippen molar-refractivity contribution in [3.05, 3.63) is 27.8 Å². The quantitative estimate of drug-likeness (QED) is 0.311. The van der Waals surface area contributed by atoms with Crippen molar-refractivity contribution in [3.63, 3.8) is 0 Å². The van der Waals surface area contributed by atoms with E-state index < -0.39 is 0 Å². The third kappa shape index (κ3) is 5.66. The number of ether oxygens (including phenoxy) is 1. The predicted molar refractivity (Wildman–Crippen MR) is 109 cm³/mol. The predicted octanol–water partition coefficient (Wildman–Crippen LogP) is 4.42. The number of fused-ring (bicyclic) bond motifs is 1. The van der Waals surface area contributed by atoms with Gasteiger partial charge >= 0.3 is 0 Å². The topological polar surface area (TPSA) is 73.4 Å². The molecular formula is C20H32N4O3. The molecule has 0 spiro atoms. The minimum absolute atomic E-state index is 0.170. The number of unbranched alkanes of at least 4 members (excludes halogenated alkanes) is 2. The lowest BCUT2D eigenvalue weighted by molar-refractivity contribution is -0.385. The molecule has 1 heterocycles. The molecule has 0 aliphatic heterocycles. The monoisotopic (exact) mass is 376 g/mol. The Kier molecular flexibility index (Phi) is 8.03. The fourth-order valence-electron chi connectivity index (χ4n) is 3.09. The van der Waals surface area contributed by atoms with Gasteiger partial charge in [-0.2, -0.15) is 0 Å². The summed E-state index contributed by atoms with van der Waals surface area (Å²) in [5.41, 5.74) is 1.89. The average Bonchev–Trinajstić information content (AvgIpc) is 2.97. The number of nitro benzene ring substituents is 1. The maximum atomic E-state index is 11.6. The highest BCUT2D eigenvalue weighted by Crippen LogP contribution is 2.33. The third-order valence-corrected chi connectivity index (χ3v) is 4.63. The smallest absolute Gasteiger partial charge is 0.273 e. The maximum Gasteiger partial charge on any atom is 0.273 e. The number of hydrogen-bond acceptors (Lipinski definition) is 5. The van der Waals surface area contributed by atoms with E-state index in [1.165, 1.54) is 0 Å². The first kappa shape index (κ1) is 21.2. The second-order valence-corrected chi connectivity index (χ2v) is 7.25. The van der Waals surface area contributed by atoms with Crippen LogP contribution in [0.5, 0.6) is 5.88 Å². The maximum absolute atomic E-state index is 11.6. The van der Waals surface area contributed by atoms with Gasteiger partial charge in [0, 0.05) is 24.7 Å². The SMILES string of the molecule is CCCCc1cc2c(cc1[N+](=O)[O-])c(OCCCN(C)C)nn2CCCC. The van der Waals surface area contributed by atoms with Crippen LogP contribution in [0.1, 0.15) is 51.5 Å². The largest absolute Gasteiger partial charge is 0.476 e. The Balaban J connectivity index is 2.39. The second kappa shape index (κ2) is 10.3. The van der Waals surface area contributed by atoms with E-state index in [4.69, 9.17) is 4.74 Å². The van der Waals surface area contributed by atoms with E-state index in [1.54, 1.807) is 6.07 Å². The van der Waals surface area contributed by atoms with Crippen LogP contribution in [0.25, 0.3) is 10.9 Å². The lowest BCUT2D eigenvalue weighted by atomic mass is 10.0. The summed E-state index contributed by atoms with van der Waals surface area (Å²) in [6, 6.07) is 3.59. The Bertz CT molecular complexity index is 755. The van der Waals surface area contributed by atoms with Gasteiger partial charge < -0.3 is 9.64 Å². The minimum atomic E-state index is -0.288. The van der Waals surface area contributed by atoms with Gasteiger partial charge in [0.1, 0.15) is 0 Å². The van der Waals surface area contributed by atoms with Crippen LogP contribution in [0.2, 0.25) is 0 Å². The fourth-order valence-corrected chi connectivity index (χ4v) is 3.09. The van der Waals surface area contributed by atoms with Gasteiger partial charge in [-0.05, 0) is 45.8 Å². The van der Waals surface area contributed by atoms with Crippen molar-refractivity contribution in [2.24, 2.45) is 0 Å². The van der Waals surface area contributed by atoms with E-state index in [1.807, 2.05) is 24.8 Å². The minimum Gasteiger partial charge on any atom is -0.476 e. The molecule has 0 radical (unpaired) electrons. The van der Waals surface area contributed by atoms with E-state index >= 15 is 0 Å². The molecule has 0 aliphatic rings. The summed E-state index contributed by atoms with van der Waals surface area (Å²) < 4.78 is 7.85. The van der Waals surface area contributed by atoms with Gasteiger partial charge in [0.15, 0.2) is 0 Å². The fraction of sp³-hybridized carbons (Fsp3) is 0.650. The highest BCUT2D eigenvalue weighted by molar-refractivity contribution is 5.88. The molecule has 7 nitrogen and oxygen atoms in total. The van der Waals surface area contributed by atoms with Gasteiger partial charge in [-0.3, -0.25) is 14.8 Å². The van der Waals surface area contributed by atoms with Gasteiger partial charge in [-0.15, -0.1) is 5.10 Å². The Morgan fingerprint density at radius 3 is 2.56 bits per heavy atom. The zero-order valence-electron chi connectivity index (χ0n) is 17.0. The van der Waals surface area contributed by atoms with Crippen LogP contribution in [0.3, 0.4) is 0 Å². The highest BCUT2D eigenvalue weighted by Gasteiger charge is 2.21. The van der Waals surface area contributed by atoms with E-state index in [0.29, 0.717) is 18.9 Å². The van der Waals surface area contributed by atoms with Crippen molar-refractivity contribution in [2.75, 3.05) is 27.2 Å². The summed E-state index contributed by atoms with van der Waals surface area (Å²) in [7, 11) is 4.05. The average molecular weight is 377 g/mol. The standard InChI is InChI=1S/C20H32N4O3/c1-5-7-10-16-14-19-17(15-18(16)24(25)26)20(21-23(19)12-8-6-2)27-13-9-11-22(3)4/h14-15H,5-13H2,1-4H3. The van der Waals surface area contributed by atoms with Crippen LogP contribution in [0, 0.1) is 10.1 Å². The van der Waals surface area contributed by atoms with Crippen molar-refractivity contribution < 1.29 is 9.66 Å². The molecule has 1 aromatic heterocycles. The summed E-state index contributed by atoms with van der Waals surface area (Å²) in [5.74, 6) is 0.505. The molecule has 2 rings (SSSR count). The Hall–Kier alpha value is -2.15. The number of aromatic nitrogens is 2. The first-order valence-electron chi connectivity index (χ1n) is 9.93. The first-order chi connectivity index (χ1) is 13.0. The molecule has 0 amide bonds. The molecule has 27 heavy (non-hydrogen) atoms. The lowest BCUT2D eigenvalue weighted by Gasteiger charge is -2.09. The number of hydrogen-bond donors (Lipinski definition) is 0. The molecule has 0 fully saturated rings. The zero-order chi connectivity index (χ0) is 19.8. The molecule has 0 saturated heterocycles. The Labute approximate surface area is 161 Å². The van der Waals surface area contributed by atoms with Crippen molar-refractivity contribution >= 4 is 16.6 Å².